The van der Waals surface area contributed by atoms with Crippen LogP contribution in [0.2, 0.25) is 0 Å². The first-order valence-electron chi connectivity index (χ1n) is 9.08. The topological polar surface area (TPSA) is 168 Å². The number of sulfonamides is 1. The molecular weight excluding hydrogens is 458 g/mol. The lowest BCUT2D eigenvalue weighted by Crippen LogP contribution is -2.25. The van der Waals surface area contributed by atoms with E-state index in [9.17, 15) is 33.4 Å². The number of nitrogens with one attached hydrogen (secondary N) is 1. The highest BCUT2D eigenvalue weighted by Crippen LogP contribution is 2.28. The average Bonchev–Trinajstić information content (AvgIpc) is 2.76. The molecule has 0 aliphatic rings. The fourth-order valence-electron chi connectivity index (χ4n) is 2.61. The average molecular weight is 477 g/mol. The first-order valence-corrected chi connectivity index (χ1v) is 10.7. The van der Waals surface area contributed by atoms with E-state index in [1.807, 2.05) is 0 Å². The second kappa shape index (κ2) is 10.9. The summed E-state index contributed by atoms with van der Waals surface area (Å²) < 4.78 is 36.0. The van der Waals surface area contributed by atoms with Crippen LogP contribution in [0.5, 0.6) is 11.5 Å². The van der Waals surface area contributed by atoms with E-state index in [0.717, 1.165) is 12.3 Å². The van der Waals surface area contributed by atoms with Crippen LogP contribution in [0.4, 0.5) is 11.4 Å². The van der Waals surface area contributed by atoms with Gasteiger partial charge in [-0.3, -0.25) is 29.7 Å². The van der Waals surface area contributed by atoms with Crippen molar-refractivity contribution in [3.8, 4) is 11.5 Å². The molecule has 2 rings (SSSR count). The van der Waals surface area contributed by atoms with Crippen LogP contribution in [0, 0.1) is 20.2 Å². The molecule has 0 unspecified atom stereocenters. The van der Waals surface area contributed by atoms with Gasteiger partial charge in [0.05, 0.1) is 24.1 Å². The van der Waals surface area contributed by atoms with Crippen molar-refractivity contribution in [2.45, 2.75) is 0 Å². The summed E-state index contributed by atoms with van der Waals surface area (Å²) in [5.74, 6) is -1.55. The number of ketones is 1. The Hall–Kier alpha value is -4.26. The summed E-state index contributed by atoms with van der Waals surface area (Å²) in [6, 6.07) is 8.06. The Labute approximate surface area is 188 Å². The summed E-state index contributed by atoms with van der Waals surface area (Å²) in [6.45, 7) is 0. The number of carbonyl (C=O) groups excluding carboxylic acids is 1. The fourth-order valence-corrected chi connectivity index (χ4v) is 3.44. The minimum Gasteiger partial charge on any atom is -0.490 e. The molecule has 13 heteroatoms. The van der Waals surface area contributed by atoms with Crippen LogP contribution in [0.3, 0.4) is 0 Å². The third kappa shape index (κ3) is 7.14. The molecule has 0 aromatic heterocycles. The van der Waals surface area contributed by atoms with Crippen LogP contribution >= 0.6 is 0 Å². The molecule has 2 aromatic carbocycles. The van der Waals surface area contributed by atoms with Gasteiger partial charge in [0, 0.05) is 18.3 Å². The standard InChI is InChI=1S/C20H19N3O9S/c1-31-19-7-4-14(11-17(19)22(25)26)3-6-16(24)13-33(29,30)21-10-9-15-5-8-20(32-2)18(12-15)23(27)28/h3-12,21H,13H2,1-2H3. The molecular formula is C20H19N3O9S. The van der Waals surface area contributed by atoms with Crippen LogP contribution in [-0.4, -0.2) is 44.0 Å². The summed E-state index contributed by atoms with van der Waals surface area (Å²) in [7, 11) is -1.48. The lowest BCUT2D eigenvalue weighted by atomic mass is 10.1. The number of benzene rings is 2. The predicted molar refractivity (Wildman–Crippen MR) is 119 cm³/mol. The van der Waals surface area contributed by atoms with Crippen molar-refractivity contribution >= 4 is 39.3 Å². The van der Waals surface area contributed by atoms with Gasteiger partial charge in [-0.2, -0.15) is 0 Å². The van der Waals surface area contributed by atoms with Crippen molar-refractivity contribution in [1.29, 1.82) is 0 Å². The van der Waals surface area contributed by atoms with Crippen LogP contribution < -0.4 is 14.2 Å². The van der Waals surface area contributed by atoms with Crippen molar-refractivity contribution < 1.29 is 32.5 Å². The Morgan fingerprint density at radius 3 is 1.88 bits per heavy atom. The molecule has 0 atom stereocenters. The number of carbonyl (C=O) groups is 1. The Morgan fingerprint density at radius 1 is 0.939 bits per heavy atom. The summed E-state index contributed by atoms with van der Waals surface area (Å²) in [5.41, 5.74) is 0.0478. The highest BCUT2D eigenvalue weighted by molar-refractivity contribution is 7.90. The van der Waals surface area contributed by atoms with Gasteiger partial charge in [-0.25, -0.2) is 8.42 Å². The van der Waals surface area contributed by atoms with Crippen molar-refractivity contribution in [3.05, 3.63) is 80.0 Å². The molecule has 12 nitrogen and oxygen atoms in total. The first-order chi connectivity index (χ1) is 15.6. The van der Waals surface area contributed by atoms with Gasteiger partial charge >= 0.3 is 11.4 Å². The maximum atomic E-state index is 12.1. The van der Waals surface area contributed by atoms with Gasteiger partial charge < -0.3 is 9.47 Å². The monoisotopic (exact) mass is 477 g/mol. The van der Waals surface area contributed by atoms with E-state index in [1.165, 1.54) is 62.8 Å². The minimum absolute atomic E-state index is 0.0456. The van der Waals surface area contributed by atoms with E-state index < -0.39 is 31.4 Å². The largest absolute Gasteiger partial charge is 0.490 e. The highest BCUT2D eigenvalue weighted by atomic mass is 32.2. The van der Waals surface area contributed by atoms with Gasteiger partial charge in [0.15, 0.2) is 17.3 Å². The number of allylic oxidation sites excluding steroid dienone is 1. The summed E-state index contributed by atoms with van der Waals surface area (Å²) >= 11 is 0. The van der Waals surface area contributed by atoms with E-state index >= 15 is 0 Å². The molecule has 1 N–H and O–H groups in total. The molecule has 0 amide bonds. The predicted octanol–water partition coefficient (Wildman–Crippen LogP) is 2.69. The smallest absolute Gasteiger partial charge is 0.311 e. The molecule has 174 valence electrons. The molecule has 0 spiro atoms. The molecule has 0 radical (unpaired) electrons. The van der Waals surface area contributed by atoms with Crippen molar-refractivity contribution in [3.63, 3.8) is 0 Å². The van der Waals surface area contributed by atoms with Crippen molar-refractivity contribution in [1.82, 2.24) is 4.72 Å². The van der Waals surface area contributed by atoms with Crippen molar-refractivity contribution in [2.24, 2.45) is 0 Å². The van der Waals surface area contributed by atoms with E-state index in [4.69, 9.17) is 9.47 Å². The first kappa shape index (κ1) is 25.0. The van der Waals surface area contributed by atoms with E-state index in [-0.39, 0.29) is 22.9 Å². The lowest BCUT2D eigenvalue weighted by molar-refractivity contribution is -0.385. The van der Waals surface area contributed by atoms with Crippen LogP contribution in [-0.2, 0) is 14.8 Å². The number of nitrogens with zero attached hydrogens (tertiary/aromatic N) is 2. The molecule has 0 aliphatic heterocycles. The maximum Gasteiger partial charge on any atom is 0.311 e. The van der Waals surface area contributed by atoms with Crippen molar-refractivity contribution in [2.75, 3.05) is 20.0 Å². The van der Waals surface area contributed by atoms with Gasteiger partial charge in [0.1, 0.15) is 5.75 Å². The fraction of sp³-hybridized carbons (Fsp3) is 0.150. The summed E-state index contributed by atoms with van der Waals surface area (Å²) in [5, 5.41) is 22.1. The molecule has 33 heavy (non-hydrogen) atoms. The Kier molecular flexibility index (Phi) is 8.23. The molecule has 0 saturated heterocycles. The number of hydrogen-bond acceptors (Lipinski definition) is 9. The second-order valence-electron chi connectivity index (χ2n) is 6.39. The number of hydrogen-bond donors (Lipinski definition) is 1. The Balaban J connectivity index is 2.04. The zero-order valence-corrected chi connectivity index (χ0v) is 18.3. The third-order valence-electron chi connectivity index (χ3n) is 4.12. The second-order valence-corrected chi connectivity index (χ2v) is 8.14. The zero-order valence-electron chi connectivity index (χ0n) is 17.5. The van der Waals surface area contributed by atoms with Crippen LogP contribution in [0.15, 0.2) is 48.7 Å². The highest BCUT2D eigenvalue weighted by Gasteiger charge is 2.16. The normalized spacial score (nSPS) is 11.5. The van der Waals surface area contributed by atoms with Crippen LogP contribution in [0.1, 0.15) is 11.1 Å². The minimum atomic E-state index is -4.05. The molecule has 0 bridgehead atoms. The lowest BCUT2D eigenvalue weighted by Gasteiger charge is -2.03. The van der Waals surface area contributed by atoms with E-state index in [0.29, 0.717) is 11.1 Å². The van der Waals surface area contributed by atoms with Gasteiger partial charge in [-0.15, -0.1) is 0 Å². The van der Waals surface area contributed by atoms with Gasteiger partial charge in [0.25, 0.3) is 0 Å². The number of nitro groups is 2. The molecule has 0 heterocycles. The Morgan fingerprint density at radius 2 is 1.42 bits per heavy atom. The zero-order chi connectivity index (χ0) is 24.6. The van der Waals surface area contributed by atoms with Crippen LogP contribution in [0.25, 0.3) is 12.2 Å². The number of methoxy groups -OCH3 is 2. The molecule has 0 fully saturated rings. The van der Waals surface area contributed by atoms with E-state index in [1.54, 1.807) is 0 Å². The molecule has 0 saturated carbocycles. The van der Waals surface area contributed by atoms with Gasteiger partial charge in [-0.1, -0.05) is 18.2 Å². The quantitative estimate of drug-likeness (QED) is 0.290. The SMILES string of the molecule is COc1ccc(C=CNS(=O)(=O)CC(=O)C=Cc2ccc(OC)c([N+](=O)[O-])c2)cc1[N+](=O)[O-]. The maximum absolute atomic E-state index is 12.1. The number of ether oxygens (including phenoxy) is 2. The molecule has 0 aliphatic carbocycles. The number of nitro benzene ring substituents is 2. The molecule has 2 aromatic rings. The Bertz CT molecular complexity index is 1240. The summed E-state index contributed by atoms with van der Waals surface area (Å²) in [4.78, 5) is 32.8. The summed E-state index contributed by atoms with van der Waals surface area (Å²) in [6.07, 6.45) is 4.55. The van der Waals surface area contributed by atoms with E-state index in [2.05, 4.69) is 4.72 Å². The van der Waals surface area contributed by atoms with Gasteiger partial charge in [0.2, 0.25) is 10.0 Å². The van der Waals surface area contributed by atoms with Gasteiger partial charge in [-0.05, 0) is 35.4 Å². The third-order valence-corrected chi connectivity index (χ3v) is 5.28. The number of rotatable bonds is 11.